The van der Waals surface area contributed by atoms with Gasteiger partial charge < -0.3 is 24.3 Å². The van der Waals surface area contributed by atoms with Gasteiger partial charge in [0.2, 0.25) is 0 Å². The number of nitrogens with one attached hydrogen (secondary N) is 1. The van der Waals surface area contributed by atoms with Gasteiger partial charge in [-0.3, -0.25) is 0 Å². The molecule has 0 bridgehead atoms. The minimum absolute atomic E-state index is 0.221. The van der Waals surface area contributed by atoms with E-state index in [0.29, 0.717) is 6.54 Å². The Kier molecular flexibility index (Phi) is 15.1. The van der Waals surface area contributed by atoms with Gasteiger partial charge in [-0.1, -0.05) is 22.6 Å². The summed E-state index contributed by atoms with van der Waals surface area (Å²) in [5.41, 5.74) is 0. The number of halogens is 1. The van der Waals surface area contributed by atoms with Crippen molar-refractivity contribution in [3.63, 3.8) is 0 Å². The van der Waals surface area contributed by atoms with Gasteiger partial charge in [-0.25, -0.2) is 19.2 Å². The third kappa shape index (κ3) is 14.9. The van der Waals surface area contributed by atoms with Crippen molar-refractivity contribution in [2.75, 3.05) is 38.3 Å². The molecule has 9 nitrogen and oxygen atoms in total. The number of unbranched alkanes of at least 4 members (excludes halogenated alkanes) is 1. The van der Waals surface area contributed by atoms with Crippen LogP contribution in [0.2, 0.25) is 0 Å². The van der Waals surface area contributed by atoms with Gasteiger partial charge >= 0.3 is 23.9 Å². The van der Waals surface area contributed by atoms with Gasteiger partial charge in [-0.05, 0) is 23.8 Å². The second-order valence-electron chi connectivity index (χ2n) is 5.00. The zero-order valence-electron chi connectivity index (χ0n) is 15.3. The van der Waals surface area contributed by atoms with Crippen molar-refractivity contribution in [1.82, 2.24) is 5.32 Å². The average Bonchev–Trinajstić information content (AvgIpc) is 2.67. The average molecular weight is 497 g/mol. The lowest BCUT2D eigenvalue weighted by atomic mass is 10.3. The van der Waals surface area contributed by atoms with Crippen LogP contribution < -0.4 is 5.32 Å². The van der Waals surface area contributed by atoms with Crippen molar-refractivity contribution in [3.8, 4) is 0 Å². The van der Waals surface area contributed by atoms with E-state index in [1.54, 1.807) is 0 Å². The van der Waals surface area contributed by atoms with Crippen molar-refractivity contribution >= 4 is 46.5 Å². The Labute approximate surface area is 171 Å². The van der Waals surface area contributed by atoms with Crippen LogP contribution in [0, 0.1) is 0 Å². The van der Waals surface area contributed by atoms with Crippen molar-refractivity contribution in [2.24, 2.45) is 0 Å². The van der Waals surface area contributed by atoms with Crippen LogP contribution in [0.15, 0.2) is 24.3 Å². The van der Waals surface area contributed by atoms with Crippen molar-refractivity contribution in [1.29, 1.82) is 0 Å². The Morgan fingerprint density at radius 1 is 0.889 bits per heavy atom. The number of methoxy groups -OCH3 is 2. The number of carbonyl (C=O) groups is 4. The van der Waals surface area contributed by atoms with Crippen LogP contribution >= 0.6 is 22.6 Å². The highest BCUT2D eigenvalue weighted by atomic mass is 127. The summed E-state index contributed by atoms with van der Waals surface area (Å²) in [6.45, 7) is 0.750. The van der Waals surface area contributed by atoms with Gasteiger partial charge in [0.05, 0.1) is 14.2 Å². The molecule has 0 aromatic rings. The fourth-order valence-electron chi connectivity index (χ4n) is 1.58. The summed E-state index contributed by atoms with van der Waals surface area (Å²) in [4.78, 5) is 45.2. The normalized spacial score (nSPS) is 12.0. The van der Waals surface area contributed by atoms with Crippen LogP contribution in [0.4, 0.5) is 0 Å². The van der Waals surface area contributed by atoms with Crippen molar-refractivity contribution < 1.29 is 38.1 Å². The van der Waals surface area contributed by atoms with E-state index in [2.05, 4.69) is 37.4 Å². The molecule has 0 radical (unpaired) electrons. The van der Waals surface area contributed by atoms with Crippen LogP contribution in [-0.4, -0.2) is 68.3 Å². The van der Waals surface area contributed by atoms with E-state index in [1.807, 2.05) is 0 Å². The first-order valence-electron chi connectivity index (χ1n) is 8.09. The number of rotatable bonds is 13. The van der Waals surface area contributed by atoms with E-state index in [0.717, 1.165) is 41.6 Å². The Hall–Kier alpha value is -1.95. The fourth-order valence-corrected chi connectivity index (χ4v) is 2.12. The van der Waals surface area contributed by atoms with Gasteiger partial charge in [0.25, 0.3) is 0 Å². The molecule has 0 aliphatic heterocycles. The number of esters is 4. The Morgan fingerprint density at radius 2 is 1.44 bits per heavy atom. The molecule has 0 rings (SSSR count). The molecule has 10 heteroatoms. The predicted octanol–water partition coefficient (Wildman–Crippen LogP) is 0.705. The lowest BCUT2D eigenvalue weighted by Gasteiger charge is -2.17. The molecule has 152 valence electrons. The topological polar surface area (TPSA) is 117 Å². The van der Waals surface area contributed by atoms with Crippen LogP contribution in [0.5, 0.6) is 0 Å². The molecule has 0 aliphatic rings. The van der Waals surface area contributed by atoms with Gasteiger partial charge in [0.1, 0.15) is 12.7 Å². The van der Waals surface area contributed by atoms with E-state index in [-0.39, 0.29) is 13.2 Å². The van der Waals surface area contributed by atoms with Gasteiger partial charge in [0.15, 0.2) is 0 Å². The zero-order valence-corrected chi connectivity index (χ0v) is 17.4. The molecule has 1 atom stereocenters. The van der Waals surface area contributed by atoms with Crippen LogP contribution in [0.25, 0.3) is 0 Å². The van der Waals surface area contributed by atoms with E-state index in [4.69, 9.17) is 9.47 Å². The SMILES string of the molecule is COC(=O)/C=C/C(=O)OCC(CNCCCCI)OC(=O)/C=C/C(=O)OC. The Bertz CT molecular complexity index is 547. The maximum Gasteiger partial charge on any atom is 0.331 e. The molecule has 0 heterocycles. The summed E-state index contributed by atoms with van der Waals surface area (Å²) in [6, 6.07) is 0. The van der Waals surface area contributed by atoms with E-state index in [1.165, 1.54) is 14.2 Å². The highest BCUT2D eigenvalue weighted by molar-refractivity contribution is 14.1. The van der Waals surface area contributed by atoms with Crippen LogP contribution in [-0.2, 0) is 38.1 Å². The molecule has 0 spiro atoms. The molecule has 0 amide bonds. The molecule has 1 N–H and O–H groups in total. The lowest BCUT2D eigenvalue weighted by molar-refractivity contribution is -0.152. The summed E-state index contributed by atoms with van der Waals surface area (Å²) in [5, 5.41) is 3.11. The number of hydrogen-bond donors (Lipinski definition) is 1. The molecule has 0 saturated heterocycles. The molecule has 0 saturated carbocycles. The smallest absolute Gasteiger partial charge is 0.331 e. The summed E-state index contributed by atoms with van der Waals surface area (Å²) < 4.78 is 19.9. The highest BCUT2D eigenvalue weighted by Crippen LogP contribution is 1.98. The molecule has 0 aromatic carbocycles. The number of ether oxygens (including phenoxy) is 4. The second kappa shape index (κ2) is 16.2. The third-order valence-electron chi connectivity index (χ3n) is 2.92. The van der Waals surface area contributed by atoms with Crippen molar-refractivity contribution in [2.45, 2.75) is 18.9 Å². The van der Waals surface area contributed by atoms with E-state index in [9.17, 15) is 19.2 Å². The number of hydrogen-bond acceptors (Lipinski definition) is 9. The lowest BCUT2D eigenvalue weighted by Crippen LogP contribution is -2.35. The largest absolute Gasteiger partial charge is 0.466 e. The predicted molar refractivity (Wildman–Crippen MR) is 104 cm³/mol. The first-order valence-corrected chi connectivity index (χ1v) is 9.61. The molecular weight excluding hydrogens is 473 g/mol. The summed E-state index contributed by atoms with van der Waals surface area (Å²) in [5.74, 6) is -2.95. The molecule has 0 aromatic heterocycles. The molecule has 1 unspecified atom stereocenters. The van der Waals surface area contributed by atoms with Gasteiger partial charge in [-0.2, -0.15) is 0 Å². The van der Waals surface area contributed by atoms with Crippen molar-refractivity contribution in [3.05, 3.63) is 24.3 Å². The van der Waals surface area contributed by atoms with Crippen LogP contribution in [0.1, 0.15) is 12.8 Å². The quantitative estimate of drug-likeness (QED) is 0.0981. The van der Waals surface area contributed by atoms with Gasteiger partial charge in [0, 0.05) is 30.8 Å². The van der Waals surface area contributed by atoms with E-state index < -0.39 is 30.0 Å². The molecule has 27 heavy (non-hydrogen) atoms. The number of carbonyl (C=O) groups excluding carboxylic acids is 4. The Balaban J connectivity index is 4.58. The Morgan fingerprint density at radius 3 is 2.00 bits per heavy atom. The summed E-state index contributed by atoms with van der Waals surface area (Å²) in [6.07, 6.45) is 4.92. The summed E-state index contributed by atoms with van der Waals surface area (Å²) in [7, 11) is 2.36. The molecule has 0 aliphatic carbocycles. The van der Waals surface area contributed by atoms with Gasteiger partial charge in [-0.15, -0.1) is 0 Å². The third-order valence-corrected chi connectivity index (χ3v) is 3.68. The van der Waals surface area contributed by atoms with Crippen LogP contribution in [0.3, 0.4) is 0 Å². The standard InChI is InChI=1S/C17H24INO8/c1-24-14(20)5-7-16(22)26-12-13(11-19-10-4-3-9-18)27-17(23)8-6-15(21)25-2/h5-8,13,19H,3-4,9-12H2,1-2H3/b7-5+,8-6+. The minimum atomic E-state index is -0.781. The van der Waals surface area contributed by atoms with E-state index >= 15 is 0 Å². The first kappa shape index (κ1) is 25.1. The maximum absolute atomic E-state index is 11.7. The first-order chi connectivity index (χ1) is 12.9. The monoisotopic (exact) mass is 497 g/mol. The molecule has 0 fully saturated rings. The highest BCUT2D eigenvalue weighted by Gasteiger charge is 2.15. The minimum Gasteiger partial charge on any atom is -0.466 e. The second-order valence-corrected chi connectivity index (χ2v) is 6.08. The number of alkyl halides is 1. The summed E-state index contributed by atoms with van der Waals surface area (Å²) >= 11 is 2.28. The fraction of sp³-hybridized carbons (Fsp3) is 0.529. The maximum atomic E-state index is 11.7. The molecular formula is C17H24INO8. The zero-order chi connectivity index (χ0) is 20.5.